The minimum atomic E-state index is -0.588. The fraction of sp³-hybridized carbons (Fsp3) is 0.400. The molecule has 1 fully saturated rings. The van der Waals surface area contributed by atoms with E-state index in [2.05, 4.69) is 10.1 Å². The predicted molar refractivity (Wildman–Crippen MR) is 106 cm³/mol. The van der Waals surface area contributed by atoms with Gasteiger partial charge < -0.3 is 9.42 Å². The zero-order valence-corrected chi connectivity index (χ0v) is 16.4. The third-order valence-electron chi connectivity index (χ3n) is 5.21. The van der Waals surface area contributed by atoms with Crippen LogP contribution >= 0.6 is 11.6 Å². The lowest BCUT2D eigenvalue weighted by molar-refractivity contribution is -0.135. The molecule has 1 atom stereocenters. The molecule has 0 bridgehead atoms. The van der Waals surface area contributed by atoms with Gasteiger partial charge in [-0.15, -0.1) is 0 Å². The Balaban J connectivity index is 1.78. The Hall–Kier alpha value is -2.67. The summed E-state index contributed by atoms with van der Waals surface area (Å²) in [5.74, 6) is -0.0325. The number of carbonyl (C=O) groups is 1. The summed E-state index contributed by atoms with van der Waals surface area (Å²) >= 11 is 5.95. The summed E-state index contributed by atoms with van der Waals surface area (Å²) in [7, 11) is 0. The van der Waals surface area contributed by atoms with Gasteiger partial charge in [0.05, 0.1) is 0 Å². The van der Waals surface area contributed by atoms with E-state index in [0.717, 1.165) is 32.4 Å². The third-order valence-corrected chi connectivity index (χ3v) is 5.47. The lowest BCUT2D eigenvalue weighted by Gasteiger charge is -2.30. The average molecular weight is 401 g/mol. The van der Waals surface area contributed by atoms with Crippen LogP contribution < -0.4 is 5.56 Å². The van der Waals surface area contributed by atoms with E-state index in [1.54, 1.807) is 24.3 Å². The van der Waals surface area contributed by atoms with Gasteiger partial charge in [-0.3, -0.25) is 14.2 Å². The summed E-state index contributed by atoms with van der Waals surface area (Å²) in [4.78, 5) is 32.4. The molecule has 1 saturated heterocycles. The Morgan fingerprint density at radius 2 is 1.93 bits per heavy atom. The Morgan fingerprint density at radius 1 is 1.21 bits per heavy atom. The first-order valence-corrected chi connectivity index (χ1v) is 9.89. The number of hydrogen-bond acceptors (Lipinski definition) is 5. The summed E-state index contributed by atoms with van der Waals surface area (Å²) in [5.41, 5.74) is 0.939. The molecule has 1 aliphatic rings. The molecule has 0 spiro atoms. The van der Waals surface area contributed by atoms with Gasteiger partial charge in [0, 0.05) is 23.7 Å². The number of fused-ring (bicyclic) bond motifs is 1. The highest BCUT2D eigenvalue weighted by molar-refractivity contribution is 6.30. The average Bonchev–Trinajstić information content (AvgIpc) is 3.16. The van der Waals surface area contributed by atoms with Crippen LogP contribution in [0.5, 0.6) is 0 Å². The second-order valence-electron chi connectivity index (χ2n) is 6.99. The van der Waals surface area contributed by atoms with E-state index in [4.69, 9.17) is 16.1 Å². The van der Waals surface area contributed by atoms with Gasteiger partial charge >= 0.3 is 0 Å². The second kappa shape index (κ2) is 7.75. The van der Waals surface area contributed by atoms with Crippen LogP contribution in [0.4, 0.5) is 0 Å². The molecule has 28 heavy (non-hydrogen) atoms. The molecule has 2 aromatic heterocycles. The summed E-state index contributed by atoms with van der Waals surface area (Å²) in [6, 6.07) is 6.40. The van der Waals surface area contributed by atoms with Crippen LogP contribution in [-0.2, 0) is 4.79 Å². The van der Waals surface area contributed by atoms with Crippen molar-refractivity contribution in [3.05, 3.63) is 46.0 Å². The maximum absolute atomic E-state index is 13.3. The van der Waals surface area contributed by atoms with Crippen LogP contribution in [0.15, 0.2) is 39.9 Å². The molecule has 146 valence electrons. The Labute approximate surface area is 166 Å². The molecule has 1 aromatic carbocycles. The fourth-order valence-corrected chi connectivity index (χ4v) is 3.83. The van der Waals surface area contributed by atoms with E-state index in [9.17, 15) is 9.59 Å². The van der Waals surface area contributed by atoms with Gasteiger partial charge in [-0.2, -0.15) is 0 Å². The van der Waals surface area contributed by atoms with E-state index < -0.39 is 6.04 Å². The van der Waals surface area contributed by atoms with Crippen LogP contribution in [0, 0.1) is 0 Å². The van der Waals surface area contributed by atoms with Crippen LogP contribution in [0.25, 0.3) is 22.4 Å². The minimum Gasteiger partial charge on any atom is -0.341 e. The monoisotopic (exact) mass is 400 g/mol. The standard InChI is InChI=1S/C20H21ClN4O3/c1-2-15(19(26)24-10-4-3-5-11-24)25-12-22-18-16(20(25)27)17(23-28-18)13-6-8-14(21)9-7-13/h6-9,12,15H,2-5,10-11H2,1H3. The first-order chi connectivity index (χ1) is 13.6. The number of piperidine rings is 1. The molecule has 4 rings (SSSR count). The maximum Gasteiger partial charge on any atom is 0.267 e. The van der Waals surface area contributed by atoms with Crippen molar-refractivity contribution in [1.29, 1.82) is 0 Å². The predicted octanol–water partition coefficient (Wildman–Crippen LogP) is 3.67. The molecule has 8 heteroatoms. The number of aromatic nitrogens is 3. The number of nitrogens with zero attached hydrogens (tertiary/aromatic N) is 4. The van der Waals surface area contributed by atoms with Crippen molar-refractivity contribution < 1.29 is 9.32 Å². The number of halogens is 1. The molecule has 3 heterocycles. The molecule has 0 saturated carbocycles. The smallest absolute Gasteiger partial charge is 0.267 e. The molecule has 1 aliphatic heterocycles. The van der Waals surface area contributed by atoms with Crippen molar-refractivity contribution in [1.82, 2.24) is 19.6 Å². The third kappa shape index (κ3) is 3.30. The van der Waals surface area contributed by atoms with Gasteiger partial charge in [-0.25, -0.2) is 4.98 Å². The second-order valence-corrected chi connectivity index (χ2v) is 7.42. The molecular formula is C20H21ClN4O3. The fourth-order valence-electron chi connectivity index (χ4n) is 3.70. The zero-order chi connectivity index (χ0) is 19.7. The van der Waals surface area contributed by atoms with E-state index >= 15 is 0 Å². The van der Waals surface area contributed by atoms with Crippen molar-refractivity contribution in [3.8, 4) is 11.3 Å². The van der Waals surface area contributed by atoms with Crippen LogP contribution in [-0.4, -0.2) is 38.6 Å². The van der Waals surface area contributed by atoms with Gasteiger partial charge in [0.1, 0.15) is 23.4 Å². The number of likely N-dealkylation sites (tertiary alicyclic amines) is 1. The number of carbonyl (C=O) groups excluding carboxylic acids is 1. The molecule has 0 aliphatic carbocycles. The summed E-state index contributed by atoms with van der Waals surface area (Å²) in [6.45, 7) is 3.38. The minimum absolute atomic E-state index is 0.0325. The van der Waals surface area contributed by atoms with Gasteiger partial charge in [0.15, 0.2) is 0 Å². The SMILES string of the molecule is CCC(C(=O)N1CCCCC1)n1cnc2onc(-c3ccc(Cl)cc3)c2c1=O. The van der Waals surface area contributed by atoms with E-state index in [1.165, 1.54) is 10.9 Å². The van der Waals surface area contributed by atoms with Gasteiger partial charge in [0.25, 0.3) is 11.3 Å². The van der Waals surface area contributed by atoms with E-state index in [1.807, 2.05) is 11.8 Å². The summed E-state index contributed by atoms with van der Waals surface area (Å²) in [6.07, 6.45) is 5.03. The molecule has 0 N–H and O–H groups in total. The number of hydrogen-bond donors (Lipinski definition) is 0. The lowest BCUT2D eigenvalue weighted by atomic mass is 10.1. The molecule has 3 aromatic rings. The summed E-state index contributed by atoms with van der Waals surface area (Å²) in [5, 5.41) is 4.89. The van der Waals surface area contributed by atoms with Gasteiger partial charge in [-0.1, -0.05) is 35.8 Å². The quantitative estimate of drug-likeness (QED) is 0.667. The highest BCUT2D eigenvalue weighted by atomic mass is 35.5. The molecule has 1 amide bonds. The normalized spacial score (nSPS) is 15.7. The van der Waals surface area contributed by atoms with Crippen molar-refractivity contribution in [3.63, 3.8) is 0 Å². The molecular weight excluding hydrogens is 380 g/mol. The van der Waals surface area contributed by atoms with Crippen LogP contribution in [0.1, 0.15) is 38.6 Å². The van der Waals surface area contributed by atoms with Gasteiger partial charge in [0.2, 0.25) is 5.91 Å². The topological polar surface area (TPSA) is 81.2 Å². The van der Waals surface area contributed by atoms with Crippen molar-refractivity contribution in [2.75, 3.05) is 13.1 Å². The Bertz CT molecular complexity index is 1050. The maximum atomic E-state index is 13.3. The van der Waals surface area contributed by atoms with Crippen molar-refractivity contribution in [2.45, 2.75) is 38.6 Å². The highest BCUT2D eigenvalue weighted by Gasteiger charge is 2.28. The largest absolute Gasteiger partial charge is 0.341 e. The molecule has 1 unspecified atom stereocenters. The van der Waals surface area contributed by atoms with Crippen LogP contribution in [0.2, 0.25) is 5.02 Å². The Morgan fingerprint density at radius 3 is 2.61 bits per heavy atom. The van der Waals surface area contributed by atoms with Crippen LogP contribution in [0.3, 0.4) is 0 Å². The lowest BCUT2D eigenvalue weighted by Crippen LogP contribution is -2.42. The van der Waals surface area contributed by atoms with Gasteiger partial charge in [-0.05, 0) is 37.8 Å². The Kier molecular flexibility index (Phi) is 5.17. The summed E-state index contributed by atoms with van der Waals surface area (Å²) < 4.78 is 6.67. The van der Waals surface area contributed by atoms with Crippen molar-refractivity contribution in [2.24, 2.45) is 0 Å². The number of benzene rings is 1. The molecule has 7 nitrogen and oxygen atoms in total. The number of rotatable bonds is 4. The van der Waals surface area contributed by atoms with E-state index in [0.29, 0.717) is 22.7 Å². The zero-order valence-electron chi connectivity index (χ0n) is 15.6. The highest BCUT2D eigenvalue weighted by Crippen LogP contribution is 2.26. The number of amides is 1. The van der Waals surface area contributed by atoms with Crippen molar-refractivity contribution >= 4 is 28.6 Å². The first-order valence-electron chi connectivity index (χ1n) is 9.51. The molecule has 0 radical (unpaired) electrons. The van der Waals surface area contributed by atoms with E-state index in [-0.39, 0.29) is 22.6 Å². The first kappa shape index (κ1) is 18.7.